The summed E-state index contributed by atoms with van der Waals surface area (Å²) in [5, 5.41) is 19.1. The number of aryl methyl sites for hydroxylation is 1. The van der Waals surface area contributed by atoms with Crippen molar-refractivity contribution >= 4 is 5.97 Å². The first-order chi connectivity index (χ1) is 12.1. The Labute approximate surface area is 155 Å². The zero-order valence-corrected chi connectivity index (χ0v) is 16.1. The van der Waals surface area contributed by atoms with Gasteiger partial charge in [-0.3, -0.25) is 0 Å². The summed E-state index contributed by atoms with van der Waals surface area (Å²) in [6.07, 6.45) is 6.83. The molecule has 0 radical (unpaired) electrons. The lowest BCUT2D eigenvalue weighted by atomic mass is 9.65. The molecular weight excluding hydrogens is 328 g/mol. The van der Waals surface area contributed by atoms with Gasteiger partial charge in [-0.1, -0.05) is 51.1 Å². The molecule has 1 heterocycles. The number of carboxylic acids is 1. The summed E-state index contributed by atoms with van der Waals surface area (Å²) in [7, 11) is 1.64. The SMILES string of the molecule is CC(C)(C)C1(O)CCC(c2ccccc2)CC1.Cn1cncc1C(=O)O. The Morgan fingerprint density at radius 1 is 1.19 bits per heavy atom. The van der Waals surface area contributed by atoms with Gasteiger partial charge in [0.15, 0.2) is 0 Å². The molecule has 1 aromatic heterocycles. The second kappa shape index (κ2) is 8.04. The summed E-state index contributed by atoms with van der Waals surface area (Å²) in [6.45, 7) is 6.45. The lowest BCUT2D eigenvalue weighted by Gasteiger charge is -2.45. The maximum absolute atomic E-state index is 10.7. The zero-order valence-electron chi connectivity index (χ0n) is 16.1. The predicted octanol–water partition coefficient (Wildman–Crippen LogP) is 4.24. The fourth-order valence-electron chi connectivity index (χ4n) is 3.47. The first-order valence-corrected chi connectivity index (χ1v) is 9.11. The molecule has 0 aliphatic heterocycles. The van der Waals surface area contributed by atoms with Gasteiger partial charge in [0, 0.05) is 7.05 Å². The van der Waals surface area contributed by atoms with Crippen LogP contribution in [0.2, 0.25) is 0 Å². The molecule has 5 nitrogen and oxygen atoms in total. The smallest absolute Gasteiger partial charge is 0.354 e. The van der Waals surface area contributed by atoms with E-state index in [4.69, 9.17) is 5.11 Å². The van der Waals surface area contributed by atoms with E-state index in [2.05, 4.69) is 56.1 Å². The number of aromatic carboxylic acids is 1. The number of rotatable bonds is 2. The number of aliphatic hydroxyl groups is 1. The molecule has 0 saturated heterocycles. The van der Waals surface area contributed by atoms with Crippen LogP contribution in [0.1, 0.15) is 68.4 Å². The van der Waals surface area contributed by atoms with Crippen LogP contribution in [-0.4, -0.2) is 31.3 Å². The lowest BCUT2D eigenvalue weighted by Crippen LogP contribution is -2.45. The minimum absolute atomic E-state index is 0.00530. The van der Waals surface area contributed by atoms with E-state index in [1.165, 1.54) is 22.7 Å². The third-order valence-corrected chi connectivity index (χ3v) is 5.52. The summed E-state index contributed by atoms with van der Waals surface area (Å²) in [4.78, 5) is 13.8. The number of nitrogens with zero attached hydrogens (tertiary/aromatic N) is 2. The van der Waals surface area contributed by atoms with Crippen molar-refractivity contribution in [2.45, 2.75) is 58.0 Å². The second-order valence-electron chi connectivity index (χ2n) is 8.16. The number of imidazole rings is 1. The number of benzene rings is 1. The Kier molecular flexibility index (Phi) is 6.24. The van der Waals surface area contributed by atoms with Crippen LogP contribution in [0, 0.1) is 5.41 Å². The topological polar surface area (TPSA) is 75.3 Å². The van der Waals surface area contributed by atoms with Crippen LogP contribution in [-0.2, 0) is 7.05 Å². The number of carbonyl (C=O) groups is 1. The fourth-order valence-corrected chi connectivity index (χ4v) is 3.47. The molecule has 2 aromatic rings. The van der Waals surface area contributed by atoms with Crippen LogP contribution in [0.3, 0.4) is 0 Å². The van der Waals surface area contributed by atoms with Crippen LogP contribution in [0.25, 0.3) is 0 Å². The van der Waals surface area contributed by atoms with Crippen molar-refractivity contribution in [3.8, 4) is 0 Å². The summed E-state index contributed by atoms with van der Waals surface area (Å²) in [6, 6.07) is 10.7. The molecule has 2 N–H and O–H groups in total. The number of carboxylic acid groups (broad SMARTS) is 1. The third kappa shape index (κ3) is 4.73. The molecule has 0 unspecified atom stereocenters. The van der Waals surface area contributed by atoms with Crippen molar-refractivity contribution in [2.75, 3.05) is 0 Å². The molecular formula is C21H30N2O3. The van der Waals surface area contributed by atoms with Crippen molar-refractivity contribution in [1.29, 1.82) is 0 Å². The summed E-state index contributed by atoms with van der Waals surface area (Å²) in [5.41, 5.74) is 1.16. The molecule has 142 valence electrons. The molecule has 0 atom stereocenters. The van der Waals surface area contributed by atoms with Crippen molar-refractivity contribution < 1.29 is 15.0 Å². The van der Waals surface area contributed by atoms with Gasteiger partial charge in [-0.05, 0) is 42.6 Å². The molecule has 0 bridgehead atoms. The highest BCUT2D eigenvalue weighted by molar-refractivity contribution is 5.85. The van der Waals surface area contributed by atoms with E-state index in [1.807, 2.05) is 0 Å². The van der Waals surface area contributed by atoms with E-state index in [0.29, 0.717) is 5.92 Å². The van der Waals surface area contributed by atoms with Gasteiger partial charge in [-0.25, -0.2) is 9.78 Å². The van der Waals surface area contributed by atoms with Gasteiger partial charge in [0.25, 0.3) is 0 Å². The van der Waals surface area contributed by atoms with Crippen LogP contribution >= 0.6 is 0 Å². The van der Waals surface area contributed by atoms with Gasteiger partial charge in [0.2, 0.25) is 0 Å². The normalized spacial score (nSPS) is 23.0. The predicted molar refractivity (Wildman–Crippen MR) is 102 cm³/mol. The Bertz CT molecular complexity index is 708. The van der Waals surface area contributed by atoms with Crippen molar-refractivity contribution in [1.82, 2.24) is 9.55 Å². The first kappa shape index (κ1) is 20.2. The highest BCUT2D eigenvalue weighted by atomic mass is 16.4. The van der Waals surface area contributed by atoms with Crippen LogP contribution < -0.4 is 0 Å². The molecule has 0 amide bonds. The zero-order chi connectivity index (χ0) is 19.4. The summed E-state index contributed by atoms with van der Waals surface area (Å²) < 4.78 is 1.45. The van der Waals surface area contributed by atoms with Gasteiger partial charge in [0.1, 0.15) is 5.69 Å². The van der Waals surface area contributed by atoms with Crippen LogP contribution in [0.5, 0.6) is 0 Å². The molecule has 1 aliphatic rings. The molecule has 1 fully saturated rings. The molecule has 0 spiro atoms. The second-order valence-corrected chi connectivity index (χ2v) is 8.16. The minimum atomic E-state index is -0.949. The lowest BCUT2D eigenvalue weighted by molar-refractivity contribution is -0.0876. The van der Waals surface area contributed by atoms with Crippen molar-refractivity contribution in [3.63, 3.8) is 0 Å². The Balaban J connectivity index is 0.000000228. The van der Waals surface area contributed by atoms with Gasteiger partial charge in [-0.2, -0.15) is 0 Å². The molecule has 26 heavy (non-hydrogen) atoms. The van der Waals surface area contributed by atoms with E-state index in [-0.39, 0.29) is 11.1 Å². The summed E-state index contributed by atoms with van der Waals surface area (Å²) in [5.74, 6) is -0.311. The Hall–Kier alpha value is -2.14. The van der Waals surface area contributed by atoms with Crippen molar-refractivity contribution in [2.24, 2.45) is 12.5 Å². The highest BCUT2D eigenvalue weighted by Crippen LogP contribution is 2.46. The fraction of sp³-hybridized carbons (Fsp3) is 0.524. The molecule has 5 heteroatoms. The van der Waals surface area contributed by atoms with Crippen LogP contribution in [0.15, 0.2) is 42.9 Å². The minimum Gasteiger partial charge on any atom is -0.477 e. The van der Waals surface area contributed by atoms with Crippen molar-refractivity contribution in [3.05, 3.63) is 54.1 Å². The van der Waals surface area contributed by atoms with Gasteiger partial charge in [-0.15, -0.1) is 0 Å². The number of hydrogen-bond donors (Lipinski definition) is 2. The molecule has 1 aliphatic carbocycles. The maximum atomic E-state index is 10.7. The summed E-state index contributed by atoms with van der Waals surface area (Å²) >= 11 is 0. The maximum Gasteiger partial charge on any atom is 0.354 e. The first-order valence-electron chi connectivity index (χ1n) is 9.11. The average Bonchev–Trinajstić information content (AvgIpc) is 3.02. The Morgan fingerprint density at radius 2 is 1.77 bits per heavy atom. The number of hydrogen-bond acceptors (Lipinski definition) is 3. The van der Waals surface area contributed by atoms with E-state index in [9.17, 15) is 9.90 Å². The number of aromatic nitrogens is 2. The molecule has 1 aromatic carbocycles. The van der Waals surface area contributed by atoms with E-state index in [1.54, 1.807) is 7.05 Å². The average molecular weight is 358 g/mol. The van der Waals surface area contributed by atoms with Gasteiger partial charge >= 0.3 is 5.97 Å². The highest BCUT2D eigenvalue weighted by Gasteiger charge is 2.42. The molecule has 1 saturated carbocycles. The molecule has 3 rings (SSSR count). The van der Waals surface area contributed by atoms with Gasteiger partial charge < -0.3 is 14.8 Å². The van der Waals surface area contributed by atoms with E-state index >= 15 is 0 Å². The van der Waals surface area contributed by atoms with Gasteiger partial charge in [0.05, 0.1) is 18.1 Å². The quantitative estimate of drug-likeness (QED) is 0.842. The van der Waals surface area contributed by atoms with E-state index < -0.39 is 11.6 Å². The van der Waals surface area contributed by atoms with Crippen LogP contribution in [0.4, 0.5) is 0 Å². The Morgan fingerprint density at radius 3 is 2.15 bits per heavy atom. The standard InChI is InChI=1S/C16H24O.C5H6N2O2/c1-15(2,3)16(17)11-9-14(10-12-16)13-7-5-4-6-8-13;1-7-3-6-2-4(7)5(8)9/h4-8,14,17H,9-12H2,1-3H3;2-3H,1H3,(H,8,9). The largest absolute Gasteiger partial charge is 0.477 e. The van der Waals surface area contributed by atoms with E-state index in [0.717, 1.165) is 25.7 Å². The third-order valence-electron chi connectivity index (χ3n) is 5.52. The monoisotopic (exact) mass is 358 g/mol.